The molecule has 1 atom stereocenters. The Balaban J connectivity index is 2.35. The molecule has 1 saturated heterocycles. The van der Waals surface area contributed by atoms with Gasteiger partial charge >= 0.3 is 11.7 Å². The Morgan fingerprint density at radius 2 is 1.78 bits per heavy atom. The highest BCUT2D eigenvalue weighted by Crippen LogP contribution is 2.21. The number of carbonyl (C=O) groups is 3. The molecule has 4 amide bonds. The Bertz CT molecular complexity index is 1010. The van der Waals surface area contributed by atoms with E-state index in [-0.39, 0.29) is 43.0 Å². The molecule has 1 fully saturated rings. The number of hydrazine groups is 1. The summed E-state index contributed by atoms with van der Waals surface area (Å²) in [5, 5.41) is 3.19. The number of aromatic nitrogens is 2. The molecule has 12 nitrogen and oxygen atoms in total. The third kappa shape index (κ3) is 5.11. The number of H-pyrrole nitrogens is 1. The first kappa shape index (κ1) is 25.0. The molecule has 2 rings (SSSR count). The van der Waals surface area contributed by atoms with Gasteiger partial charge in [-0.15, -0.1) is 0 Å². The maximum atomic E-state index is 12.8. The number of hydrogen-bond donors (Lipinski definition) is 4. The van der Waals surface area contributed by atoms with Crippen LogP contribution in [0.3, 0.4) is 0 Å². The molecule has 1 aromatic heterocycles. The van der Waals surface area contributed by atoms with Crippen molar-refractivity contribution in [2.75, 3.05) is 23.7 Å². The molecule has 1 aromatic rings. The lowest BCUT2D eigenvalue weighted by molar-refractivity contribution is -0.138. The van der Waals surface area contributed by atoms with Gasteiger partial charge in [0.05, 0.1) is 6.54 Å². The highest BCUT2D eigenvalue weighted by atomic mass is 16.2. The molecule has 1 aliphatic heterocycles. The zero-order valence-electron chi connectivity index (χ0n) is 19.4. The Hall–Kier alpha value is -3.31. The number of urea groups is 1. The van der Waals surface area contributed by atoms with Crippen molar-refractivity contribution in [2.24, 2.45) is 11.8 Å². The number of nitrogen functional groups attached to an aromatic ring is 1. The Morgan fingerprint density at radius 3 is 2.28 bits per heavy atom. The van der Waals surface area contributed by atoms with Gasteiger partial charge in [0.1, 0.15) is 17.0 Å². The summed E-state index contributed by atoms with van der Waals surface area (Å²) < 4.78 is 1.26. The first-order valence-corrected chi connectivity index (χ1v) is 10.6. The number of carbonyl (C=O) groups excluding carboxylic acids is 3. The lowest BCUT2D eigenvalue weighted by atomic mass is 10.00. The van der Waals surface area contributed by atoms with Crippen molar-refractivity contribution in [1.82, 2.24) is 25.3 Å². The van der Waals surface area contributed by atoms with Gasteiger partial charge in [0, 0.05) is 13.1 Å². The molecule has 0 saturated carbocycles. The van der Waals surface area contributed by atoms with E-state index < -0.39 is 34.6 Å². The summed E-state index contributed by atoms with van der Waals surface area (Å²) in [4.78, 5) is 66.0. The van der Waals surface area contributed by atoms with Crippen molar-refractivity contribution >= 4 is 29.4 Å². The molecule has 1 aliphatic rings. The Kier molecular flexibility index (Phi) is 7.37. The normalized spacial score (nSPS) is 18.4. The standard InChI is InChI=1S/C20H33N7O5/c1-7-20(6)17(30)27(19(32)23-20)24-13(28)10-25(8-11(2)3)14-15(21)26(9-12(4)5)18(31)22-16(14)29/h11-12H,7-10,21H2,1-6H3,(H,23,32)(H,24,28)(H,22,29,31). The molecule has 32 heavy (non-hydrogen) atoms. The van der Waals surface area contributed by atoms with Gasteiger partial charge in [-0.05, 0) is 25.2 Å². The van der Waals surface area contributed by atoms with E-state index in [2.05, 4.69) is 15.7 Å². The second kappa shape index (κ2) is 9.45. The molecule has 2 heterocycles. The SMILES string of the molecule is CCC1(C)NC(=O)N(NC(=O)CN(CC(C)C)c2c(N)n(CC(C)C)c(=O)[nH]c2=O)C1=O. The largest absolute Gasteiger partial charge is 0.383 e. The van der Waals surface area contributed by atoms with Gasteiger partial charge in [0.25, 0.3) is 17.4 Å². The van der Waals surface area contributed by atoms with Gasteiger partial charge in [-0.25, -0.2) is 9.59 Å². The minimum atomic E-state index is -1.10. The molecule has 0 aliphatic carbocycles. The van der Waals surface area contributed by atoms with E-state index in [9.17, 15) is 24.0 Å². The monoisotopic (exact) mass is 451 g/mol. The Morgan fingerprint density at radius 1 is 1.16 bits per heavy atom. The van der Waals surface area contributed by atoms with E-state index in [0.717, 1.165) is 0 Å². The average Bonchev–Trinajstić information content (AvgIpc) is 2.88. The van der Waals surface area contributed by atoms with E-state index >= 15 is 0 Å². The van der Waals surface area contributed by atoms with Gasteiger partial charge in [0.2, 0.25) is 0 Å². The molecule has 12 heteroatoms. The minimum absolute atomic E-state index is 0.00954. The summed E-state index contributed by atoms with van der Waals surface area (Å²) in [7, 11) is 0. The number of hydrogen-bond acceptors (Lipinski definition) is 7. The quantitative estimate of drug-likeness (QED) is 0.384. The number of nitrogens with one attached hydrogen (secondary N) is 3. The number of rotatable bonds is 9. The summed E-state index contributed by atoms with van der Waals surface area (Å²) in [6, 6.07) is -0.731. The smallest absolute Gasteiger partial charge is 0.344 e. The molecule has 0 radical (unpaired) electrons. The number of nitrogens with zero attached hydrogens (tertiary/aromatic N) is 3. The molecular weight excluding hydrogens is 418 g/mol. The number of nitrogens with two attached hydrogens (primary N) is 1. The third-order valence-corrected chi connectivity index (χ3v) is 5.20. The number of anilines is 2. The van der Waals surface area contributed by atoms with E-state index in [1.165, 1.54) is 9.47 Å². The lowest BCUT2D eigenvalue weighted by Gasteiger charge is -2.28. The van der Waals surface area contributed by atoms with Crippen LogP contribution in [0.1, 0.15) is 48.0 Å². The fraction of sp³-hybridized carbons (Fsp3) is 0.650. The summed E-state index contributed by atoms with van der Waals surface area (Å²) in [5.74, 6) is -1.18. The van der Waals surface area contributed by atoms with Crippen molar-refractivity contribution in [3.05, 3.63) is 20.8 Å². The maximum absolute atomic E-state index is 12.8. The summed E-state index contributed by atoms with van der Waals surface area (Å²) >= 11 is 0. The van der Waals surface area contributed by atoms with E-state index in [0.29, 0.717) is 11.4 Å². The zero-order chi connectivity index (χ0) is 24.4. The summed E-state index contributed by atoms with van der Waals surface area (Å²) in [6.45, 7) is 11.1. The highest BCUT2D eigenvalue weighted by molar-refractivity contribution is 6.07. The fourth-order valence-corrected chi connectivity index (χ4v) is 3.46. The van der Waals surface area contributed by atoms with Gasteiger partial charge in [-0.1, -0.05) is 34.6 Å². The average molecular weight is 452 g/mol. The molecule has 0 aromatic carbocycles. The minimum Gasteiger partial charge on any atom is -0.383 e. The van der Waals surface area contributed by atoms with Gasteiger partial charge < -0.3 is 16.0 Å². The first-order valence-electron chi connectivity index (χ1n) is 10.6. The van der Waals surface area contributed by atoms with Crippen LogP contribution in [0.4, 0.5) is 16.3 Å². The molecular formula is C20H33N7O5. The van der Waals surface area contributed by atoms with Crippen LogP contribution in [0.25, 0.3) is 0 Å². The van der Waals surface area contributed by atoms with Crippen LogP contribution in [-0.2, 0) is 16.1 Å². The highest BCUT2D eigenvalue weighted by Gasteiger charge is 2.47. The predicted molar refractivity (Wildman–Crippen MR) is 120 cm³/mol. The van der Waals surface area contributed by atoms with Gasteiger partial charge in [-0.2, -0.15) is 5.01 Å². The van der Waals surface area contributed by atoms with Crippen LogP contribution in [0.5, 0.6) is 0 Å². The van der Waals surface area contributed by atoms with E-state index in [1.54, 1.807) is 13.8 Å². The maximum Gasteiger partial charge on any atom is 0.344 e. The van der Waals surface area contributed by atoms with Crippen molar-refractivity contribution in [3.63, 3.8) is 0 Å². The van der Waals surface area contributed by atoms with Gasteiger partial charge in [0.15, 0.2) is 0 Å². The van der Waals surface area contributed by atoms with Crippen molar-refractivity contribution in [3.8, 4) is 0 Å². The van der Waals surface area contributed by atoms with Crippen LogP contribution in [0.2, 0.25) is 0 Å². The second-order valence-corrected chi connectivity index (χ2v) is 9.06. The van der Waals surface area contributed by atoms with E-state index in [4.69, 9.17) is 5.73 Å². The van der Waals surface area contributed by atoms with Gasteiger partial charge in [-0.3, -0.25) is 29.4 Å². The molecule has 0 spiro atoms. The molecule has 178 valence electrons. The van der Waals surface area contributed by atoms with Crippen molar-refractivity contribution < 1.29 is 14.4 Å². The van der Waals surface area contributed by atoms with Crippen LogP contribution in [0.15, 0.2) is 9.59 Å². The summed E-state index contributed by atoms with van der Waals surface area (Å²) in [6.07, 6.45) is 0.354. The second-order valence-electron chi connectivity index (χ2n) is 9.06. The van der Waals surface area contributed by atoms with E-state index in [1.807, 2.05) is 27.7 Å². The van der Waals surface area contributed by atoms with Crippen LogP contribution in [-0.4, -0.2) is 51.0 Å². The number of aromatic amines is 1. The van der Waals surface area contributed by atoms with Crippen LogP contribution in [0, 0.1) is 11.8 Å². The fourth-order valence-electron chi connectivity index (χ4n) is 3.46. The molecule has 0 bridgehead atoms. The van der Waals surface area contributed by atoms with Crippen molar-refractivity contribution in [1.29, 1.82) is 0 Å². The first-order chi connectivity index (χ1) is 14.8. The molecule has 5 N–H and O–H groups in total. The van der Waals surface area contributed by atoms with Crippen molar-refractivity contribution in [2.45, 2.75) is 60.0 Å². The Labute approximate surface area is 186 Å². The lowest BCUT2D eigenvalue weighted by Crippen LogP contribution is -2.52. The predicted octanol–water partition coefficient (Wildman–Crippen LogP) is -0.0111. The summed E-state index contributed by atoms with van der Waals surface area (Å²) in [5.41, 5.74) is 6.04. The number of imide groups is 1. The zero-order valence-corrected chi connectivity index (χ0v) is 19.4. The third-order valence-electron chi connectivity index (χ3n) is 5.20. The molecule has 1 unspecified atom stereocenters. The van der Waals surface area contributed by atoms with Crippen LogP contribution >= 0.6 is 0 Å². The number of amides is 4. The topological polar surface area (TPSA) is 163 Å². The van der Waals surface area contributed by atoms with Crippen LogP contribution < -0.4 is 32.6 Å².